The fraction of sp³-hybridized carbons (Fsp3) is 0.250. The van der Waals surface area contributed by atoms with Gasteiger partial charge in [0.25, 0.3) is 0 Å². The minimum atomic E-state index is -1.38. The van der Waals surface area contributed by atoms with Crippen molar-refractivity contribution < 1.29 is 14.8 Å². The fourth-order valence-electron chi connectivity index (χ4n) is 1.67. The lowest BCUT2D eigenvalue weighted by Crippen LogP contribution is -2.05. The quantitative estimate of drug-likeness (QED) is 0.639. The van der Waals surface area contributed by atoms with E-state index >= 15 is 0 Å². The zero-order chi connectivity index (χ0) is 15.6. The molecule has 0 fully saturated rings. The van der Waals surface area contributed by atoms with Crippen molar-refractivity contribution in [1.29, 1.82) is 0 Å². The molecule has 0 unspecified atom stereocenters. The van der Waals surface area contributed by atoms with E-state index < -0.39 is 22.1 Å². The highest BCUT2D eigenvalue weighted by Gasteiger charge is 2.21. The van der Waals surface area contributed by atoms with Crippen LogP contribution < -0.4 is 5.32 Å². The molecule has 21 heavy (non-hydrogen) atoms. The maximum Gasteiger partial charge on any atom is 0.342 e. The minimum absolute atomic E-state index is 0.181. The molecule has 9 nitrogen and oxygen atoms in total. The van der Waals surface area contributed by atoms with Gasteiger partial charge < -0.3 is 10.4 Å². The Labute approximate surface area is 119 Å². The third-order valence-corrected chi connectivity index (χ3v) is 2.71. The number of nitrogens with one attached hydrogen (secondary N) is 1. The lowest BCUT2D eigenvalue weighted by Gasteiger charge is -2.05. The molecule has 0 aliphatic carbocycles. The van der Waals surface area contributed by atoms with Crippen LogP contribution in [-0.4, -0.2) is 30.8 Å². The molecule has 2 aromatic heterocycles. The number of carbonyl (C=O) groups is 1. The third kappa shape index (κ3) is 3.14. The molecule has 0 aliphatic rings. The first-order valence-electron chi connectivity index (χ1n) is 6.07. The van der Waals surface area contributed by atoms with Crippen LogP contribution in [0.3, 0.4) is 0 Å². The first-order chi connectivity index (χ1) is 9.88. The third-order valence-electron chi connectivity index (χ3n) is 2.71. The molecular formula is C12H13N5O4. The molecule has 0 atom stereocenters. The average Bonchev–Trinajstić information content (AvgIpc) is 2.87. The number of carboxylic acid groups (broad SMARTS) is 1. The van der Waals surface area contributed by atoms with Crippen LogP contribution in [0.15, 0.2) is 24.7 Å². The molecule has 0 saturated carbocycles. The summed E-state index contributed by atoms with van der Waals surface area (Å²) in [6, 6.07) is 1.30. The summed E-state index contributed by atoms with van der Waals surface area (Å²) >= 11 is 0. The molecule has 0 amide bonds. The zero-order valence-electron chi connectivity index (χ0n) is 11.3. The van der Waals surface area contributed by atoms with Crippen LogP contribution in [0.25, 0.3) is 0 Å². The number of aromatic carboxylic acids is 1. The molecule has 0 saturated heterocycles. The number of rotatable bonds is 5. The van der Waals surface area contributed by atoms with E-state index in [1.165, 1.54) is 0 Å². The molecule has 2 N–H and O–H groups in total. The Balaban J connectivity index is 2.30. The molecule has 0 spiro atoms. The van der Waals surface area contributed by atoms with Crippen LogP contribution in [0.5, 0.6) is 0 Å². The number of pyridine rings is 1. The standard InChI is InChI=1S/C12H13N5O4/c1-7(2)16-6-8(4-14-16)15-11-3-9(12(18)19)10(5-13-11)17(20)21/h3-7H,1-2H3,(H,13,15)(H,18,19). The maximum atomic E-state index is 11.0. The van der Waals surface area contributed by atoms with Crippen molar-refractivity contribution in [3.8, 4) is 0 Å². The Hall–Kier alpha value is -2.97. The van der Waals surface area contributed by atoms with Crippen LogP contribution in [0.1, 0.15) is 30.2 Å². The number of hydrogen-bond acceptors (Lipinski definition) is 6. The molecule has 2 rings (SSSR count). The molecule has 0 aliphatic heterocycles. The number of carboxylic acids is 1. The second-order valence-electron chi connectivity index (χ2n) is 4.58. The Morgan fingerprint density at radius 1 is 1.48 bits per heavy atom. The van der Waals surface area contributed by atoms with Gasteiger partial charge in [0.15, 0.2) is 0 Å². The summed E-state index contributed by atoms with van der Waals surface area (Å²) in [5.41, 5.74) is -0.360. The Morgan fingerprint density at radius 2 is 2.19 bits per heavy atom. The summed E-state index contributed by atoms with van der Waals surface area (Å²) in [5.74, 6) is -1.19. The molecule has 9 heteroatoms. The lowest BCUT2D eigenvalue weighted by atomic mass is 10.2. The summed E-state index contributed by atoms with van der Waals surface area (Å²) in [4.78, 5) is 24.8. The molecule has 0 bridgehead atoms. The average molecular weight is 291 g/mol. The van der Waals surface area contributed by atoms with Gasteiger partial charge in [-0.25, -0.2) is 9.78 Å². The fourth-order valence-corrected chi connectivity index (χ4v) is 1.67. The molecule has 2 heterocycles. The van der Waals surface area contributed by atoms with Crippen LogP contribution in [-0.2, 0) is 0 Å². The van der Waals surface area contributed by atoms with E-state index in [1.54, 1.807) is 17.1 Å². The smallest absolute Gasteiger partial charge is 0.342 e. The van der Waals surface area contributed by atoms with Gasteiger partial charge in [-0.15, -0.1) is 0 Å². The van der Waals surface area contributed by atoms with Gasteiger partial charge in [0.2, 0.25) is 0 Å². The number of aromatic nitrogens is 3. The molecular weight excluding hydrogens is 278 g/mol. The SMILES string of the molecule is CC(C)n1cc(Nc2cc(C(=O)O)c([N+](=O)[O-])cn2)cn1. The van der Waals surface area contributed by atoms with Gasteiger partial charge in [-0.2, -0.15) is 5.10 Å². The van der Waals surface area contributed by atoms with Crippen molar-refractivity contribution in [3.05, 3.63) is 40.3 Å². The highest BCUT2D eigenvalue weighted by molar-refractivity contribution is 5.93. The van der Waals surface area contributed by atoms with Crippen LogP contribution in [0, 0.1) is 10.1 Å². The molecule has 0 aromatic carbocycles. The van der Waals surface area contributed by atoms with E-state index in [0.29, 0.717) is 5.69 Å². The van der Waals surface area contributed by atoms with E-state index in [1.807, 2.05) is 13.8 Å². The van der Waals surface area contributed by atoms with Crippen LogP contribution in [0.4, 0.5) is 17.2 Å². The topological polar surface area (TPSA) is 123 Å². The van der Waals surface area contributed by atoms with Gasteiger partial charge in [-0.1, -0.05) is 0 Å². The number of nitro groups is 1. The molecule has 110 valence electrons. The Kier molecular flexibility index (Phi) is 3.83. The van der Waals surface area contributed by atoms with Crippen LogP contribution in [0.2, 0.25) is 0 Å². The number of hydrogen-bond donors (Lipinski definition) is 2. The lowest BCUT2D eigenvalue weighted by molar-refractivity contribution is -0.385. The first kappa shape index (κ1) is 14.4. The van der Waals surface area contributed by atoms with E-state index in [2.05, 4.69) is 15.4 Å². The highest BCUT2D eigenvalue weighted by Crippen LogP contribution is 2.22. The van der Waals surface area contributed by atoms with Gasteiger partial charge in [0, 0.05) is 18.3 Å². The van der Waals surface area contributed by atoms with Gasteiger partial charge in [-0.3, -0.25) is 14.8 Å². The normalized spacial score (nSPS) is 10.6. The number of nitrogens with zero attached hydrogens (tertiary/aromatic N) is 4. The first-order valence-corrected chi connectivity index (χ1v) is 6.07. The summed E-state index contributed by atoms with van der Waals surface area (Å²) in [5, 5.41) is 26.7. The Bertz CT molecular complexity index is 695. The predicted molar refractivity (Wildman–Crippen MR) is 73.7 cm³/mol. The monoisotopic (exact) mass is 291 g/mol. The zero-order valence-corrected chi connectivity index (χ0v) is 11.3. The predicted octanol–water partition coefficient (Wildman–Crippen LogP) is 2.21. The van der Waals surface area contributed by atoms with Crippen molar-refractivity contribution in [2.24, 2.45) is 0 Å². The molecule has 2 aromatic rings. The second kappa shape index (κ2) is 5.57. The van der Waals surface area contributed by atoms with Crippen LogP contribution >= 0.6 is 0 Å². The van der Waals surface area contributed by atoms with Crippen molar-refractivity contribution in [2.75, 3.05) is 5.32 Å². The van der Waals surface area contributed by atoms with Gasteiger partial charge >= 0.3 is 11.7 Å². The molecule has 0 radical (unpaired) electrons. The maximum absolute atomic E-state index is 11.0. The Morgan fingerprint density at radius 3 is 2.71 bits per heavy atom. The van der Waals surface area contributed by atoms with E-state index in [-0.39, 0.29) is 11.9 Å². The van der Waals surface area contributed by atoms with Crippen molar-refractivity contribution in [3.63, 3.8) is 0 Å². The summed E-state index contributed by atoms with van der Waals surface area (Å²) in [7, 11) is 0. The number of anilines is 2. The summed E-state index contributed by atoms with van der Waals surface area (Å²) in [6.07, 6.45) is 4.20. The highest BCUT2D eigenvalue weighted by atomic mass is 16.6. The van der Waals surface area contributed by atoms with E-state index in [4.69, 9.17) is 5.11 Å². The van der Waals surface area contributed by atoms with E-state index in [0.717, 1.165) is 12.3 Å². The summed E-state index contributed by atoms with van der Waals surface area (Å²) in [6.45, 7) is 3.92. The van der Waals surface area contributed by atoms with Crippen molar-refractivity contribution in [1.82, 2.24) is 14.8 Å². The van der Waals surface area contributed by atoms with Crippen molar-refractivity contribution in [2.45, 2.75) is 19.9 Å². The summed E-state index contributed by atoms with van der Waals surface area (Å²) < 4.78 is 1.71. The van der Waals surface area contributed by atoms with Gasteiger partial charge in [0.05, 0.1) is 16.8 Å². The minimum Gasteiger partial charge on any atom is -0.477 e. The largest absolute Gasteiger partial charge is 0.477 e. The van der Waals surface area contributed by atoms with E-state index in [9.17, 15) is 14.9 Å². The van der Waals surface area contributed by atoms with Gasteiger partial charge in [-0.05, 0) is 13.8 Å². The van der Waals surface area contributed by atoms with Crippen molar-refractivity contribution >= 4 is 23.2 Å². The van der Waals surface area contributed by atoms with Gasteiger partial charge in [0.1, 0.15) is 17.6 Å². The second-order valence-corrected chi connectivity index (χ2v) is 4.58.